The molecule has 0 aliphatic carbocycles. The van der Waals surface area contributed by atoms with Gasteiger partial charge in [-0.25, -0.2) is 14.6 Å². The molecule has 0 heterocycles. The number of nitrogens with one attached hydrogen (secondary N) is 1. The molecule has 0 radical (unpaired) electrons. The number of halogens is 1. The van der Waals surface area contributed by atoms with E-state index in [0.717, 1.165) is 18.4 Å². The van der Waals surface area contributed by atoms with Gasteiger partial charge >= 0.3 is 6.09 Å². The molecule has 0 saturated carbocycles. The standard InChI is InChI=1S/C13H17FN2O2/c1-3-4-5-12(15-16-13(17)18-2)10-6-8-11(14)9-7-10/h6-9H,3-5H2,1-2H3,(H,16,17)/b15-12-. The van der Waals surface area contributed by atoms with Crippen LogP contribution in [0.4, 0.5) is 9.18 Å². The van der Waals surface area contributed by atoms with E-state index in [1.807, 2.05) is 0 Å². The highest BCUT2D eigenvalue weighted by Gasteiger charge is 2.05. The second kappa shape index (κ2) is 7.42. The van der Waals surface area contributed by atoms with Gasteiger partial charge in [-0.2, -0.15) is 5.10 Å². The number of benzene rings is 1. The number of unbranched alkanes of at least 4 members (excludes halogenated alkanes) is 1. The van der Waals surface area contributed by atoms with Gasteiger partial charge in [0.1, 0.15) is 5.82 Å². The van der Waals surface area contributed by atoms with Gasteiger partial charge in [-0.15, -0.1) is 0 Å². The molecule has 0 saturated heterocycles. The van der Waals surface area contributed by atoms with Crippen LogP contribution in [0.1, 0.15) is 31.7 Å². The van der Waals surface area contributed by atoms with Crippen molar-refractivity contribution in [3.63, 3.8) is 0 Å². The lowest BCUT2D eigenvalue weighted by Gasteiger charge is -2.06. The first-order valence-corrected chi connectivity index (χ1v) is 5.83. The van der Waals surface area contributed by atoms with E-state index in [9.17, 15) is 9.18 Å². The van der Waals surface area contributed by atoms with Crippen LogP contribution in [0.25, 0.3) is 0 Å². The Kier molecular flexibility index (Phi) is 5.84. The van der Waals surface area contributed by atoms with Gasteiger partial charge in [0.25, 0.3) is 0 Å². The van der Waals surface area contributed by atoms with Gasteiger partial charge in [0.15, 0.2) is 0 Å². The Hall–Kier alpha value is -1.91. The number of ether oxygens (including phenoxy) is 1. The maximum absolute atomic E-state index is 12.8. The Balaban J connectivity index is 2.83. The van der Waals surface area contributed by atoms with Gasteiger partial charge in [-0.1, -0.05) is 25.5 Å². The van der Waals surface area contributed by atoms with Crippen molar-refractivity contribution in [2.75, 3.05) is 7.11 Å². The predicted molar refractivity (Wildman–Crippen MR) is 68.0 cm³/mol. The van der Waals surface area contributed by atoms with Gasteiger partial charge in [0.2, 0.25) is 0 Å². The molecule has 5 heteroatoms. The molecule has 18 heavy (non-hydrogen) atoms. The van der Waals surface area contributed by atoms with E-state index in [4.69, 9.17) is 0 Å². The fourth-order valence-corrected chi connectivity index (χ4v) is 1.41. The quantitative estimate of drug-likeness (QED) is 0.646. The maximum Gasteiger partial charge on any atom is 0.427 e. The van der Waals surface area contributed by atoms with Crippen LogP contribution < -0.4 is 5.43 Å². The van der Waals surface area contributed by atoms with Crippen LogP contribution in [0.5, 0.6) is 0 Å². The number of carbonyl (C=O) groups excluding carboxylic acids is 1. The van der Waals surface area contributed by atoms with Crippen molar-refractivity contribution in [1.82, 2.24) is 5.43 Å². The normalized spacial score (nSPS) is 11.2. The van der Waals surface area contributed by atoms with Crippen LogP contribution in [-0.4, -0.2) is 18.9 Å². The Morgan fingerprint density at radius 2 is 2.06 bits per heavy atom. The molecule has 0 aromatic heterocycles. The number of carbonyl (C=O) groups is 1. The minimum absolute atomic E-state index is 0.297. The molecule has 4 nitrogen and oxygen atoms in total. The molecule has 1 aromatic rings. The van der Waals surface area contributed by atoms with E-state index in [2.05, 4.69) is 22.2 Å². The first-order chi connectivity index (χ1) is 8.67. The largest absolute Gasteiger partial charge is 0.452 e. The number of amides is 1. The average Bonchev–Trinajstić information content (AvgIpc) is 2.40. The van der Waals surface area contributed by atoms with Crippen molar-refractivity contribution in [3.05, 3.63) is 35.6 Å². The molecular weight excluding hydrogens is 235 g/mol. The van der Waals surface area contributed by atoms with Crippen LogP contribution in [0.3, 0.4) is 0 Å². The summed E-state index contributed by atoms with van der Waals surface area (Å²) in [6, 6.07) is 6.02. The second-order valence-electron chi connectivity index (χ2n) is 3.77. The van der Waals surface area contributed by atoms with E-state index >= 15 is 0 Å². The monoisotopic (exact) mass is 252 g/mol. The fourth-order valence-electron chi connectivity index (χ4n) is 1.41. The van der Waals surface area contributed by atoms with E-state index < -0.39 is 6.09 Å². The van der Waals surface area contributed by atoms with Gasteiger partial charge in [-0.3, -0.25) is 0 Å². The zero-order valence-electron chi connectivity index (χ0n) is 10.6. The summed E-state index contributed by atoms with van der Waals surface area (Å²) < 4.78 is 17.3. The molecule has 0 spiro atoms. The van der Waals surface area contributed by atoms with Crippen LogP contribution in [0.2, 0.25) is 0 Å². The topological polar surface area (TPSA) is 50.7 Å². The van der Waals surface area contributed by atoms with Gasteiger partial charge in [0, 0.05) is 0 Å². The highest BCUT2D eigenvalue weighted by Crippen LogP contribution is 2.09. The Bertz CT molecular complexity index is 416. The average molecular weight is 252 g/mol. The van der Waals surface area contributed by atoms with Gasteiger partial charge in [-0.05, 0) is 30.5 Å². The summed E-state index contributed by atoms with van der Waals surface area (Å²) in [6.45, 7) is 2.07. The molecule has 0 bridgehead atoms. The molecule has 0 fully saturated rings. The lowest BCUT2D eigenvalue weighted by atomic mass is 10.1. The van der Waals surface area contributed by atoms with E-state index in [-0.39, 0.29) is 5.82 Å². The molecule has 1 rings (SSSR count). The summed E-state index contributed by atoms with van der Waals surface area (Å²) in [5.74, 6) is -0.297. The molecule has 98 valence electrons. The highest BCUT2D eigenvalue weighted by atomic mass is 19.1. The number of hydrogen-bond acceptors (Lipinski definition) is 3. The summed E-state index contributed by atoms with van der Waals surface area (Å²) in [6.07, 6.45) is 2.05. The van der Waals surface area contributed by atoms with Crippen LogP contribution in [0, 0.1) is 5.82 Å². The van der Waals surface area contributed by atoms with Crippen LogP contribution in [-0.2, 0) is 4.74 Å². The smallest absolute Gasteiger partial charge is 0.427 e. The summed E-state index contributed by atoms with van der Waals surface area (Å²) in [7, 11) is 1.27. The van der Waals surface area contributed by atoms with E-state index in [0.29, 0.717) is 12.1 Å². The third-order valence-corrected chi connectivity index (χ3v) is 2.41. The lowest BCUT2D eigenvalue weighted by Crippen LogP contribution is -2.19. The third-order valence-electron chi connectivity index (χ3n) is 2.41. The molecule has 1 amide bonds. The van der Waals surface area contributed by atoms with Crippen molar-refractivity contribution >= 4 is 11.8 Å². The first-order valence-electron chi connectivity index (χ1n) is 5.83. The Labute approximate surface area is 106 Å². The fraction of sp³-hybridized carbons (Fsp3) is 0.385. The zero-order chi connectivity index (χ0) is 13.4. The second-order valence-corrected chi connectivity index (χ2v) is 3.77. The number of hydrogen-bond donors (Lipinski definition) is 1. The minimum atomic E-state index is -0.619. The van der Waals surface area contributed by atoms with Gasteiger partial charge < -0.3 is 4.74 Å². The minimum Gasteiger partial charge on any atom is -0.452 e. The number of hydrazone groups is 1. The van der Waals surface area contributed by atoms with Crippen molar-refractivity contribution in [2.24, 2.45) is 5.10 Å². The molecular formula is C13H17FN2O2. The van der Waals surface area contributed by atoms with Crippen LogP contribution in [0.15, 0.2) is 29.4 Å². The third kappa shape index (κ3) is 4.53. The Morgan fingerprint density at radius 1 is 1.39 bits per heavy atom. The van der Waals surface area contributed by atoms with Gasteiger partial charge in [0.05, 0.1) is 12.8 Å². The number of nitrogens with zero attached hydrogens (tertiary/aromatic N) is 1. The van der Waals surface area contributed by atoms with Crippen molar-refractivity contribution in [2.45, 2.75) is 26.2 Å². The maximum atomic E-state index is 12.8. The lowest BCUT2D eigenvalue weighted by molar-refractivity contribution is 0.171. The zero-order valence-corrected chi connectivity index (χ0v) is 10.6. The van der Waals surface area contributed by atoms with Crippen molar-refractivity contribution in [1.29, 1.82) is 0 Å². The van der Waals surface area contributed by atoms with Crippen molar-refractivity contribution in [3.8, 4) is 0 Å². The molecule has 0 unspecified atom stereocenters. The molecule has 0 aliphatic rings. The Morgan fingerprint density at radius 3 is 2.61 bits per heavy atom. The van der Waals surface area contributed by atoms with Crippen LogP contribution >= 0.6 is 0 Å². The summed E-state index contributed by atoms with van der Waals surface area (Å²) in [4.78, 5) is 11.0. The SMILES string of the molecule is CCCC/C(=N/NC(=O)OC)c1ccc(F)cc1. The van der Waals surface area contributed by atoms with E-state index in [1.165, 1.54) is 19.2 Å². The van der Waals surface area contributed by atoms with E-state index in [1.54, 1.807) is 12.1 Å². The van der Waals surface area contributed by atoms with Crippen molar-refractivity contribution < 1.29 is 13.9 Å². The number of methoxy groups -OCH3 is 1. The predicted octanol–water partition coefficient (Wildman–Crippen LogP) is 3.08. The molecule has 0 aliphatic heterocycles. The molecule has 1 aromatic carbocycles. The summed E-state index contributed by atoms with van der Waals surface area (Å²) in [5, 5.41) is 4.00. The molecule has 0 atom stereocenters. The first kappa shape index (κ1) is 14.2. The molecule has 1 N–H and O–H groups in total. The summed E-state index contributed by atoms with van der Waals surface area (Å²) in [5.41, 5.74) is 3.79. The summed E-state index contributed by atoms with van der Waals surface area (Å²) >= 11 is 0. The number of rotatable bonds is 5. The highest BCUT2D eigenvalue weighted by molar-refractivity contribution is 6.00.